The fraction of sp³-hybridized carbons (Fsp3) is 0.381. The number of nitriles is 1. The summed E-state index contributed by atoms with van der Waals surface area (Å²) in [4.78, 5) is 4.59. The zero-order valence-corrected chi connectivity index (χ0v) is 15.7. The third-order valence-corrected chi connectivity index (χ3v) is 5.88. The molecule has 1 aliphatic heterocycles. The highest BCUT2D eigenvalue weighted by molar-refractivity contribution is 5.89. The Balaban J connectivity index is 2.33. The summed E-state index contributed by atoms with van der Waals surface area (Å²) in [5.41, 5.74) is 10.9. The Kier molecular flexibility index (Phi) is 3.80. The summed E-state index contributed by atoms with van der Waals surface area (Å²) in [6.45, 7) is 13.2. The Morgan fingerprint density at radius 3 is 1.96 bits per heavy atom. The van der Waals surface area contributed by atoms with Crippen molar-refractivity contribution in [1.82, 2.24) is 0 Å². The molecule has 0 spiro atoms. The van der Waals surface area contributed by atoms with Gasteiger partial charge in [-0.05, 0) is 81.5 Å². The lowest BCUT2D eigenvalue weighted by atomic mass is 9.92. The molecule has 24 heavy (non-hydrogen) atoms. The zero-order valence-electron chi connectivity index (χ0n) is 15.7. The first-order chi connectivity index (χ1) is 11.3. The second-order valence-electron chi connectivity index (χ2n) is 6.87. The molecule has 124 valence electrons. The van der Waals surface area contributed by atoms with Crippen molar-refractivity contribution in [3.8, 4) is 6.07 Å². The van der Waals surface area contributed by atoms with Gasteiger partial charge in [0, 0.05) is 12.7 Å². The van der Waals surface area contributed by atoms with Gasteiger partial charge in [-0.25, -0.2) is 0 Å². The van der Waals surface area contributed by atoms with Gasteiger partial charge in [-0.3, -0.25) is 0 Å². The molecule has 0 fully saturated rings. The lowest BCUT2D eigenvalue weighted by Gasteiger charge is -2.32. The van der Waals surface area contributed by atoms with Crippen LogP contribution in [0.2, 0.25) is 0 Å². The minimum Gasteiger partial charge on any atom is -0.351 e. The van der Waals surface area contributed by atoms with Gasteiger partial charge in [0.25, 0.3) is 0 Å². The SMILES string of the molecule is Cc1c(C)c(C)c(N2c3cccc(C#N)c3N(C)[C@@H]2C)c(C)c1C. The van der Waals surface area contributed by atoms with E-state index in [0.717, 1.165) is 16.9 Å². The predicted molar refractivity (Wildman–Crippen MR) is 101 cm³/mol. The van der Waals surface area contributed by atoms with Crippen LogP contribution < -0.4 is 9.80 Å². The molecule has 0 saturated carbocycles. The van der Waals surface area contributed by atoms with Crippen LogP contribution in [0.25, 0.3) is 0 Å². The number of hydrogen-bond acceptors (Lipinski definition) is 3. The van der Waals surface area contributed by atoms with Gasteiger partial charge in [0.15, 0.2) is 0 Å². The van der Waals surface area contributed by atoms with Crippen molar-refractivity contribution in [2.24, 2.45) is 0 Å². The summed E-state index contributed by atoms with van der Waals surface area (Å²) in [7, 11) is 2.07. The summed E-state index contributed by atoms with van der Waals surface area (Å²) in [5, 5.41) is 9.50. The molecule has 2 aromatic rings. The Labute approximate surface area is 145 Å². The van der Waals surface area contributed by atoms with Crippen molar-refractivity contribution in [2.45, 2.75) is 47.7 Å². The Hall–Kier alpha value is -2.47. The van der Waals surface area contributed by atoms with Crippen LogP contribution in [0.3, 0.4) is 0 Å². The summed E-state index contributed by atoms with van der Waals surface area (Å²) < 4.78 is 0. The highest BCUT2D eigenvalue weighted by atomic mass is 15.4. The molecule has 0 N–H and O–H groups in total. The molecule has 0 aromatic heterocycles. The Morgan fingerprint density at radius 2 is 1.42 bits per heavy atom. The van der Waals surface area contributed by atoms with E-state index >= 15 is 0 Å². The molecule has 1 atom stereocenters. The van der Waals surface area contributed by atoms with Gasteiger partial charge in [0.05, 0.1) is 16.9 Å². The highest BCUT2D eigenvalue weighted by Gasteiger charge is 2.35. The molecule has 3 heteroatoms. The molecule has 0 aliphatic carbocycles. The van der Waals surface area contributed by atoms with E-state index < -0.39 is 0 Å². The number of para-hydroxylation sites is 1. The monoisotopic (exact) mass is 319 g/mol. The van der Waals surface area contributed by atoms with Crippen LogP contribution in [-0.2, 0) is 0 Å². The van der Waals surface area contributed by atoms with Crippen LogP contribution in [0.5, 0.6) is 0 Å². The molecular formula is C21H25N3. The van der Waals surface area contributed by atoms with Crippen molar-refractivity contribution >= 4 is 17.1 Å². The van der Waals surface area contributed by atoms with Crippen LogP contribution in [-0.4, -0.2) is 13.2 Å². The molecule has 1 aliphatic rings. The van der Waals surface area contributed by atoms with E-state index in [1.165, 1.54) is 33.5 Å². The molecule has 0 unspecified atom stereocenters. The second-order valence-corrected chi connectivity index (χ2v) is 6.87. The number of hydrogen-bond donors (Lipinski definition) is 0. The smallest absolute Gasteiger partial charge is 0.103 e. The average Bonchev–Trinajstić information content (AvgIpc) is 2.83. The van der Waals surface area contributed by atoms with Gasteiger partial charge >= 0.3 is 0 Å². The van der Waals surface area contributed by atoms with E-state index in [0.29, 0.717) is 0 Å². The second kappa shape index (κ2) is 5.56. The van der Waals surface area contributed by atoms with Crippen LogP contribution in [0.15, 0.2) is 18.2 Å². The van der Waals surface area contributed by atoms with Crippen molar-refractivity contribution in [2.75, 3.05) is 16.8 Å². The van der Waals surface area contributed by atoms with Gasteiger partial charge in [0.2, 0.25) is 0 Å². The van der Waals surface area contributed by atoms with Crippen LogP contribution >= 0.6 is 0 Å². The van der Waals surface area contributed by atoms with E-state index in [9.17, 15) is 5.26 Å². The largest absolute Gasteiger partial charge is 0.351 e. The number of rotatable bonds is 1. The van der Waals surface area contributed by atoms with Crippen LogP contribution in [0.4, 0.5) is 17.1 Å². The van der Waals surface area contributed by atoms with E-state index in [1.807, 2.05) is 12.1 Å². The van der Waals surface area contributed by atoms with Crippen molar-refractivity contribution < 1.29 is 0 Å². The standard InChI is InChI=1S/C21H25N3/c1-12-13(2)15(4)20(16(5)14(12)3)24-17(6)23(7)21-18(11-22)9-8-10-19(21)24/h8-10,17H,1-7H3/t17-/m0/s1. The summed E-state index contributed by atoms with van der Waals surface area (Å²) in [6, 6.07) is 8.35. The molecule has 1 heterocycles. The molecule has 3 rings (SSSR count). The summed E-state index contributed by atoms with van der Waals surface area (Å²) in [5.74, 6) is 0. The van der Waals surface area contributed by atoms with E-state index in [-0.39, 0.29) is 6.17 Å². The van der Waals surface area contributed by atoms with Crippen molar-refractivity contribution in [3.63, 3.8) is 0 Å². The number of fused-ring (bicyclic) bond motifs is 1. The lowest BCUT2D eigenvalue weighted by molar-refractivity contribution is 0.729. The average molecular weight is 319 g/mol. The first-order valence-corrected chi connectivity index (χ1v) is 8.43. The minimum absolute atomic E-state index is 0.174. The van der Waals surface area contributed by atoms with Gasteiger partial charge in [-0.2, -0.15) is 5.26 Å². The molecule has 3 nitrogen and oxygen atoms in total. The topological polar surface area (TPSA) is 30.3 Å². The number of benzene rings is 2. The van der Waals surface area contributed by atoms with Gasteiger partial charge in [0.1, 0.15) is 12.2 Å². The molecule has 0 bridgehead atoms. The van der Waals surface area contributed by atoms with Gasteiger partial charge in [-0.15, -0.1) is 0 Å². The Bertz CT molecular complexity index is 845. The molecule has 0 radical (unpaired) electrons. The number of nitrogens with zero attached hydrogens (tertiary/aromatic N) is 3. The van der Waals surface area contributed by atoms with E-state index in [4.69, 9.17) is 0 Å². The maximum Gasteiger partial charge on any atom is 0.103 e. The molecule has 0 saturated heterocycles. The minimum atomic E-state index is 0.174. The maximum absolute atomic E-state index is 9.50. The van der Waals surface area contributed by atoms with Crippen LogP contribution in [0.1, 0.15) is 40.3 Å². The van der Waals surface area contributed by atoms with Crippen molar-refractivity contribution in [1.29, 1.82) is 5.26 Å². The number of anilines is 3. The molecule has 0 amide bonds. The zero-order chi connectivity index (χ0) is 17.8. The predicted octanol–water partition coefficient (Wildman–Crippen LogP) is 5.03. The highest BCUT2D eigenvalue weighted by Crippen LogP contribution is 2.48. The summed E-state index contributed by atoms with van der Waals surface area (Å²) >= 11 is 0. The fourth-order valence-electron chi connectivity index (χ4n) is 3.90. The molecule has 2 aromatic carbocycles. The van der Waals surface area contributed by atoms with Gasteiger partial charge < -0.3 is 9.80 Å². The Morgan fingerprint density at radius 1 is 0.875 bits per heavy atom. The van der Waals surface area contributed by atoms with Gasteiger partial charge in [-0.1, -0.05) is 6.07 Å². The third kappa shape index (κ3) is 2.03. The maximum atomic E-state index is 9.50. The van der Waals surface area contributed by atoms with E-state index in [1.54, 1.807) is 0 Å². The van der Waals surface area contributed by atoms with Crippen molar-refractivity contribution in [3.05, 3.63) is 51.6 Å². The lowest BCUT2D eigenvalue weighted by Crippen LogP contribution is -2.36. The van der Waals surface area contributed by atoms with E-state index in [2.05, 4.69) is 70.5 Å². The fourth-order valence-corrected chi connectivity index (χ4v) is 3.90. The first kappa shape index (κ1) is 16.4. The first-order valence-electron chi connectivity index (χ1n) is 8.43. The quantitative estimate of drug-likeness (QED) is 0.738. The normalized spacial score (nSPS) is 16.3. The summed E-state index contributed by atoms with van der Waals surface area (Å²) in [6.07, 6.45) is 0.174. The van der Waals surface area contributed by atoms with Crippen LogP contribution in [0, 0.1) is 45.9 Å². The molecular weight excluding hydrogens is 294 g/mol. The third-order valence-electron chi connectivity index (χ3n) is 5.88.